The van der Waals surface area contributed by atoms with Gasteiger partial charge in [0.2, 0.25) is 0 Å². The van der Waals surface area contributed by atoms with Gasteiger partial charge in [0, 0.05) is 15.5 Å². The van der Waals surface area contributed by atoms with Crippen molar-refractivity contribution >= 4 is 50.3 Å². The van der Waals surface area contributed by atoms with Crippen molar-refractivity contribution in [2.75, 3.05) is 0 Å². The van der Waals surface area contributed by atoms with E-state index in [0.717, 1.165) is 20.8 Å². The van der Waals surface area contributed by atoms with Gasteiger partial charge in [-0.2, -0.15) is 0 Å². The summed E-state index contributed by atoms with van der Waals surface area (Å²) in [7, 11) is 0. The zero-order valence-corrected chi connectivity index (χ0v) is 13.0. The summed E-state index contributed by atoms with van der Waals surface area (Å²) in [6.07, 6.45) is 0. The highest BCUT2D eigenvalue weighted by molar-refractivity contribution is 7.21. The van der Waals surface area contributed by atoms with Crippen molar-refractivity contribution < 1.29 is 4.79 Å². The summed E-state index contributed by atoms with van der Waals surface area (Å²) in [5.74, 6) is -0.151. The number of rotatable bonds is 3. The van der Waals surface area contributed by atoms with Gasteiger partial charge in [0.1, 0.15) is 4.88 Å². The van der Waals surface area contributed by atoms with Gasteiger partial charge in [-0.05, 0) is 13.0 Å². The molecule has 1 aromatic carbocycles. The van der Waals surface area contributed by atoms with Crippen LogP contribution >= 0.6 is 34.3 Å². The molecule has 3 nitrogen and oxygen atoms in total. The van der Waals surface area contributed by atoms with E-state index in [2.05, 4.69) is 10.3 Å². The zero-order chi connectivity index (χ0) is 14.1. The number of hydrogen-bond donors (Lipinski definition) is 1. The minimum Gasteiger partial charge on any atom is -0.346 e. The largest absolute Gasteiger partial charge is 0.346 e. The Bertz CT molecular complexity index is 778. The Balaban J connectivity index is 1.80. The van der Waals surface area contributed by atoms with Crippen LogP contribution in [0, 0.1) is 6.92 Å². The molecule has 0 bridgehead atoms. The molecule has 102 valence electrons. The van der Waals surface area contributed by atoms with E-state index in [9.17, 15) is 4.79 Å². The molecule has 3 rings (SSSR count). The van der Waals surface area contributed by atoms with Gasteiger partial charge in [0.15, 0.2) is 0 Å². The molecule has 0 aliphatic rings. The number of aryl methyl sites for hydroxylation is 1. The minimum atomic E-state index is -0.151. The maximum atomic E-state index is 12.2. The lowest BCUT2D eigenvalue weighted by molar-refractivity contribution is 0.0954. The van der Waals surface area contributed by atoms with Crippen molar-refractivity contribution in [2.45, 2.75) is 13.5 Å². The first-order valence-corrected chi connectivity index (χ1v) is 8.09. The second kappa shape index (κ2) is 5.52. The smallest absolute Gasteiger partial charge is 0.263 e. The lowest BCUT2D eigenvalue weighted by Gasteiger charge is -2.01. The van der Waals surface area contributed by atoms with E-state index < -0.39 is 0 Å². The molecule has 0 aliphatic heterocycles. The first-order chi connectivity index (χ1) is 9.65. The van der Waals surface area contributed by atoms with Gasteiger partial charge in [-0.1, -0.05) is 29.8 Å². The van der Waals surface area contributed by atoms with Crippen LogP contribution < -0.4 is 5.32 Å². The number of thiophene rings is 1. The molecule has 0 aliphatic carbocycles. The molecular weight excluding hydrogens is 312 g/mol. The fraction of sp³-hybridized carbons (Fsp3) is 0.143. The lowest BCUT2D eigenvalue weighted by Crippen LogP contribution is -2.22. The van der Waals surface area contributed by atoms with Crippen LogP contribution in [0.15, 0.2) is 29.6 Å². The number of nitrogens with zero attached hydrogens (tertiary/aromatic N) is 1. The highest BCUT2D eigenvalue weighted by Crippen LogP contribution is 2.34. The van der Waals surface area contributed by atoms with Crippen molar-refractivity contribution in [3.05, 3.63) is 50.2 Å². The van der Waals surface area contributed by atoms with Crippen LogP contribution in [0.25, 0.3) is 10.1 Å². The Morgan fingerprint density at radius 1 is 1.40 bits per heavy atom. The third-order valence-corrected chi connectivity index (χ3v) is 5.33. The van der Waals surface area contributed by atoms with Crippen molar-refractivity contribution in [1.82, 2.24) is 10.3 Å². The minimum absolute atomic E-state index is 0.151. The maximum Gasteiger partial charge on any atom is 0.263 e. The van der Waals surface area contributed by atoms with Gasteiger partial charge < -0.3 is 5.32 Å². The quantitative estimate of drug-likeness (QED) is 0.783. The second-order valence-electron chi connectivity index (χ2n) is 4.28. The number of thiazole rings is 1. The van der Waals surface area contributed by atoms with E-state index in [0.29, 0.717) is 16.4 Å². The van der Waals surface area contributed by atoms with Crippen LogP contribution in [0.1, 0.15) is 20.4 Å². The van der Waals surface area contributed by atoms with E-state index in [1.54, 1.807) is 11.3 Å². The van der Waals surface area contributed by atoms with Crippen LogP contribution in [0.3, 0.4) is 0 Å². The second-order valence-corrected chi connectivity index (χ2v) is 6.77. The number of carbonyl (C=O) groups excluding carboxylic acids is 1. The Morgan fingerprint density at radius 2 is 2.20 bits per heavy atom. The molecule has 3 aromatic rings. The monoisotopic (exact) mass is 322 g/mol. The zero-order valence-electron chi connectivity index (χ0n) is 10.6. The predicted octanol–water partition coefficient (Wildman–Crippen LogP) is 4.25. The molecule has 2 heterocycles. The number of hydrogen-bond acceptors (Lipinski definition) is 4. The van der Waals surface area contributed by atoms with Crippen LogP contribution in [0.4, 0.5) is 0 Å². The molecule has 2 aromatic heterocycles. The molecule has 1 N–H and O–H groups in total. The molecule has 0 saturated carbocycles. The number of nitrogens with one attached hydrogen (secondary N) is 1. The number of fused-ring (bicyclic) bond motifs is 1. The fourth-order valence-corrected chi connectivity index (χ4v) is 3.95. The van der Waals surface area contributed by atoms with Gasteiger partial charge in [-0.15, -0.1) is 22.7 Å². The van der Waals surface area contributed by atoms with Crippen molar-refractivity contribution in [2.24, 2.45) is 0 Å². The number of benzene rings is 1. The summed E-state index contributed by atoms with van der Waals surface area (Å²) in [6.45, 7) is 2.37. The molecule has 0 spiro atoms. The Hall–Kier alpha value is -1.43. The molecule has 1 amide bonds. The topological polar surface area (TPSA) is 42.0 Å². The Morgan fingerprint density at radius 3 is 2.90 bits per heavy atom. The molecule has 6 heteroatoms. The molecule has 0 saturated heterocycles. The number of aromatic nitrogens is 1. The molecule has 0 fully saturated rings. The summed E-state index contributed by atoms with van der Waals surface area (Å²) < 4.78 is 1.02. The number of halogens is 1. The molecule has 0 radical (unpaired) electrons. The van der Waals surface area contributed by atoms with Crippen molar-refractivity contribution in [3.63, 3.8) is 0 Å². The summed E-state index contributed by atoms with van der Waals surface area (Å²) in [5, 5.41) is 7.25. The maximum absolute atomic E-state index is 12.2. The van der Waals surface area contributed by atoms with E-state index in [4.69, 9.17) is 11.6 Å². The summed E-state index contributed by atoms with van der Waals surface area (Å²) in [4.78, 5) is 17.1. The Labute approximate surface area is 129 Å². The molecule has 0 atom stereocenters. The standard InChI is InChI=1S/C14H11ClN2OS2/c1-8-17-9(7-19-8)6-16-14(18)13-12(15)10-4-2-3-5-11(10)20-13/h2-5,7H,6H2,1H3,(H,16,18). The highest BCUT2D eigenvalue weighted by Gasteiger charge is 2.16. The normalized spacial score (nSPS) is 10.9. The van der Waals surface area contributed by atoms with Crippen LogP contribution in [0.5, 0.6) is 0 Å². The van der Waals surface area contributed by atoms with Gasteiger partial charge in [0.05, 0.1) is 22.3 Å². The average molecular weight is 323 g/mol. The number of amides is 1. The highest BCUT2D eigenvalue weighted by atomic mass is 35.5. The Kier molecular flexibility index (Phi) is 3.74. The predicted molar refractivity (Wildman–Crippen MR) is 84.9 cm³/mol. The SMILES string of the molecule is Cc1nc(CNC(=O)c2sc3ccccc3c2Cl)cs1. The van der Waals surface area contributed by atoms with Crippen molar-refractivity contribution in [3.8, 4) is 0 Å². The van der Waals surface area contributed by atoms with Crippen LogP contribution in [-0.4, -0.2) is 10.9 Å². The van der Waals surface area contributed by atoms with Crippen molar-refractivity contribution in [1.29, 1.82) is 0 Å². The van der Waals surface area contributed by atoms with Gasteiger partial charge in [0.25, 0.3) is 5.91 Å². The number of carbonyl (C=O) groups is 1. The van der Waals surface area contributed by atoms with E-state index in [1.165, 1.54) is 11.3 Å². The first kappa shape index (κ1) is 13.5. The van der Waals surface area contributed by atoms with Gasteiger partial charge in [-0.3, -0.25) is 4.79 Å². The summed E-state index contributed by atoms with van der Waals surface area (Å²) in [5.41, 5.74) is 0.873. The first-order valence-electron chi connectivity index (χ1n) is 6.01. The van der Waals surface area contributed by atoms with Gasteiger partial charge >= 0.3 is 0 Å². The van der Waals surface area contributed by atoms with Crippen LogP contribution in [0.2, 0.25) is 5.02 Å². The summed E-state index contributed by atoms with van der Waals surface area (Å²) in [6, 6.07) is 7.75. The van der Waals surface area contributed by atoms with E-state index in [-0.39, 0.29) is 5.91 Å². The van der Waals surface area contributed by atoms with E-state index in [1.807, 2.05) is 36.6 Å². The fourth-order valence-electron chi connectivity index (χ4n) is 1.90. The average Bonchev–Trinajstić information content (AvgIpc) is 3.01. The van der Waals surface area contributed by atoms with Gasteiger partial charge in [-0.25, -0.2) is 4.98 Å². The molecule has 0 unspecified atom stereocenters. The van der Waals surface area contributed by atoms with Crippen LogP contribution in [-0.2, 0) is 6.54 Å². The lowest BCUT2D eigenvalue weighted by atomic mass is 10.2. The van der Waals surface area contributed by atoms with E-state index >= 15 is 0 Å². The third-order valence-electron chi connectivity index (χ3n) is 2.84. The molecular formula is C14H11ClN2OS2. The third kappa shape index (κ3) is 2.57. The summed E-state index contributed by atoms with van der Waals surface area (Å²) >= 11 is 9.26. The molecule has 20 heavy (non-hydrogen) atoms.